The van der Waals surface area contributed by atoms with E-state index in [1.165, 1.54) is 4.90 Å². The number of anilines is 2. The number of nitrogens with zero attached hydrogens (tertiary/aromatic N) is 2. The first-order valence-corrected chi connectivity index (χ1v) is 10.3. The second-order valence-electron chi connectivity index (χ2n) is 7.47. The van der Waals surface area contributed by atoms with Gasteiger partial charge < -0.3 is 19.7 Å². The van der Waals surface area contributed by atoms with Crippen LogP contribution in [-0.2, 0) is 25.3 Å². The normalized spacial score (nSPS) is 15.6. The minimum absolute atomic E-state index is 0.0254. The molecule has 186 valence electrons. The van der Waals surface area contributed by atoms with Crippen molar-refractivity contribution in [1.29, 1.82) is 0 Å². The lowest BCUT2D eigenvalue weighted by atomic mass is 10.1. The SMILES string of the molecule is CCOc1ccc(N2CC(C(=O)OCC(=O)Nc3ccc(C(F)(F)F)cc3[N+](=O)[O-])CC2=O)cc1. The number of ether oxygens (including phenoxy) is 2. The van der Waals surface area contributed by atoms with Crippen LogP contribution in [0.1, 0.15) is 18.9 Å². The molecule has 35 heavy (non-hydrogen) atoms. The Morgan fingerprint density at radius 3 is 2.49 bits per heavy atom. The highest BCUT2D eigenvalue weighted by molar-refractivity contribution is 6.00. The molecule has 0 saturated carbocycles. The number of nitro groups is 1. The van der Waals surface area contributed by atoms with Crippen molar-refractivity contribution < 1.29 is 42.0 Å². The van der Waals surface area contributed by atoms with E-state index in [-0.39, 0.29) is 18.9 Å². The van der Waals surface area contributed by atoms with E-state index in [0.717, 1.165) is 6.07 Å². The molecular weight excluding hydrogens is 475 g/mol. The predicted molar refractivity (Wildman–Crippen MR) is 116 cm³/mol. The van der Waals surface area contributed by atoms with Gasteiger partial charge in [0.1, 0.15) is 11.4 Å². The third-order valence-corrected chi connectivity index (χ3v) is 5.06. The molecule has 1 aliphatic rings. The van der Waals surface area contributed by atoms with Gasteiger partial charge in [0.15, 0.2) is 6.61 Å². The molecule has 2 aromatic rings. The van der Waals surface area contributed by atoms with Crippen LogP contribution in [0.3, 0.4) is 0 Å². The van der Waals surface area contributed by atoms with E-state index >= 15 is 0 Å². The number of nitro benzene ring substituents is 1. The smallest absolute Gasteiger partial charge is 0.416 e. The number of halogens is 3. The van der Waals surface area contributed by atoms with Gasteiger partial charge in [-0.3, -0.25) is 24.5 Å². The topological polar surface area (TPSA) is 128 Å². The van der Waals surface area contributed by atoms with E-state index in [1.807, 2.05) is 6.92 Å². The third-order valence-electron chi connectivity index (χ3n) is 5.06. The maximum Gasteiger partial charge on any atom is 0.416 e. The molecule has 1 aliphatic heterocycles. The molecular formula is C22H20F3N3O7. The van der Waals surface area contributed by atoms with Crippen LogP contribution in [0.2, 0.25) is 0 Å². The Labute approximate surface area is 196 Å². The molecule has 1 saturated heterocycles. The summed E-state index contributed by atoms with van der Waals surface area (Å²) in [7, 11) is 0. The second kappa shape index (κ2) is 10.4. The maximum atomic E-state index is 12.8. The molecule has 0 radical (unpaired) electrons. The standard InChI is InChI=1S/C22H20F3N3O7/c1-2-34-16-6-4-15(5-7-16)27-11-13(9-20(27)30)21(31)35-12-19(29)26-17-8-3-14(22(23,24)25)10-18(17)28(32)33/h3-8,10,13H,2,9,11-12H2,1H3,(H,26,29). The molecule has 2 amide bonds. The van der Waals surface area contributed by atoms with Crippen LogP contribution in [-0.4, -0.2) is 42.5 Å². The van der Waals surface area contributed by atoms with Crippen LogP contribution in [0.4, 0.5) is 30.2 Å². The lowest BCUT2D eigenvalue weighted by Crippen LogP contribution is -2.28. The number of amides is 2. The van der Waals surface area contributed by atoms with E-state index in [4.69, 9.17) is 9.47 Å². The quantitative estimate of drug-likeness (QED) is 0.337. The summed E-state index contributed by atoms with van der Waals surface area (Å²) in [6.45, 7) is 1.50. The van der Waals surface area contributed by atoms with E-state index in [2.05, 4.69) is 5.32 Å². The van der Waals surface area contributed by atoms with E-state index in [0.29, 0.717) is 30.2 Å². The van der Waals surface area contributed by atoms with Gasteiger partial charge in [-0.15, -0.1) is 0 Å². The number of carbonyl (C=O) groups excluding carboxylic acids is 3. The van der Waals surface area contributed by atoms with Gasteiger partial charge in [0, 0.05) is 24.7 Å². The van der Waals surface area contributed by atoms with Crippen LogP contribution in [0, 0.1) is 16.0 Å². The Morgan fingerprint density at radius 1 is 1.20 bits per heavy atom. The summed E-state index contributed by atoms with van der Waals surface area (Å²) in [6.07, 6.45) is -4.95. The first-order chi connectivity index (χ1) is 16.5. The fourth-order valence-electron chi connectivity index (χ4n) is 3.41. The van der Waals surface area contributed by atoms with Gasteiger partial charge in [0.25, 0.3) is 11.6 Å². The Bertz CT molecular complexity index is 1140. The molecule has 1 heterocycles. The van der Waals surface area contributed by atoms with Crippen molar-refractivity contribution >= 4 is 34.8 Å². The van der Waals surface area contributed by atoms with Gasteiger partial charge in [0.05, 0.1) is 23.0 Å². The van der Waals surface area contributed by atoms with Crippen LogP contribution >= 0.6 is 0 Å². The van der Waals surface area contributed by atoms with Crippen LogP contribution in [0.5, 0.6) is 5.75 Å². The van der Waals surface area contributed by atoms with Crippen molar-refractivity contribution in [2.24, 2.45) is 5.92 Å². The van der Waals surface area contributed by atoms with Crippen molar-refractivity contribution in [2.75, 3.05) is 30.0 Å². The van der Waals surface area contributed by atoms with E-state index in [9.17, 15) is 37.7 Å². The second-order valence-corrected chi connectivity index (χ2v) is 7.47. The molecule has 1 N–H and O–H groups in total. The Hall–Kier alpha value is -4.16. The number of esters is 1. The fourth-order valence-corrected chi connectivity index (χ4v) is 3.41. The van der Waals surface area contributed by atoms with Crippen molar-refractivity contribution in [3.8, 4) is 5.75 Å². The first kappa shape index (κ1) is 25.5. The molecule has 1 unspecified atom stereocenters. The monoisotopic (exact) mass is 495 g/mol. The van der Waals surface area contributed by atoms with Crippen molar-refractivity contribution in [2.45, 2.75) is 19.5 Å². The molecule has 2 aromatic carbocycles. The number of carbonyl (C=O) groups is 3. The highest BCUT2D eigenvalue weighted by Gasteiger charge is 2.37. The average Bonchev–Trinajstić information content (AvgIpc) is 3.19. The summed E-state index contributed by atoms with van der Waals surface area (Å²) in [5, 5.41) is 13.2. The molecule has 1 atom stereocenters. The van der Waals surface area contributed by atoms with Crippen LogP contribution < -0.4 is 15.0 Å². The zero-order chi connectivity index (χ0) is 25.8. The molecule has 0 spiro atoms. The minimum atomic E-state index is -4.80. The highest BCUT2D eigenvalue weighted by atomic mass is 19.4. The number of alkyl halides is 3. The summed E-state index contributed by atoms with van der Waals surface area (Å²) in [5.41, 5.74) is -2.15. The summed E-state index contributed by atoms with van der Waals surface area (Å²) >= 11 is 0. The third kappa shape index (κ3) is 6.25. The Kier molecular flexibility index (Phi) is 7.57. The van der Waals surface area contributed by atoms with Gasteiger partial charge >= 0.3 is 12.1 Å². The van der Waals surface area contributed by atoms with Crippen molar-refractivity contribution in [1.82, 2.24) is 0 Å². The fraction of sp³-hybridized carbons (Fsp3) is 0.318. The van der Waals surface area contributed by atoms with Gasteiger partial charge in [-0.05, 0) is 43.3 Å². The summed E-state index contributed by atoms with van der Waals surface area (Å²) in [6, 6.07) is 8.31. The molecule has 10 nitrogen and oxygen atoms in total. The van der Waals surface area contributed by atoms with Gasteiger partial charge in [-0.25, -0.2) is 0 Å². The summed E-state index contributed by atoms with van der Waals surface area (Å²) in [4.78, 5) is 48.2. The maximum absolute atomic E-state index is 12.8. The number of rotatable bonds is 8. The zero-order valence-electron chi connectivity index (χ0n) is 18.3. The number of benzene rings is 2. The van der Waals surface area contributed by atoms with Gasteiger partial charge in [0.2, 0.25) is 5.91 Å². The molecule has 13 heteroatoms. The number of hydrogen-bond donors (Lipinski definition) is 1. The molecule has 0 bridgehead atoms. The molecule has 0 aromatic heterocycles. The first-order valence-electron chi connectivity index (χ1n) is 10.3. The molecule has 0 aliphatic carbocycles. The predicted octanol–water partition coefficient (Wildman–Crippen LogP) is 3.55. The van der Waals surface area contributed by atoms with E-state index in [1.54, 1.807) is 24.3 Å². The van der Waals surface area contributed by atoms with Gasteiger partial charge in [-0.1, -0.05) is 0 Å². The lowest BCUT2D eigenvalue weighted by molar-refractivity contribution is -0.384. The molecule has 3 rings (SSSR count). The van der Waals surface area contributed by atoms with Crippen LogP contribution in [0.15, 0.2) is 42.5 Å². The van der Waals surface area contributed by atoms with Crippen molar-refractivity contribution in [3.63, 3.8) is 0 Å². The van der Waals surface area contributed by atoms with Gasteiger partial charge in [-0.2, -0.15) is 13.2 Å². The Balaban J connectivity index is 1.57. The van der Waals surface area contributed by atoms with E-state index < -0.39 is 52.4 Å². The highest BCUT2D eigenvalue weighted by Crippen LogP contribution is 2.35. The zero-order valence-corrected chi connectivity index (χ0v) is 18.3. The lowest BCUT2D eigenvalue weighted by Gasteiger charge is -2.17. The van der Waals surface area contributed by atoms with Crippen LogP contribution in [0.25, 0.3) is 0 Å². The number of nitrogens with one attached hydrogen (secondary N) is 1. The molecule has 1 fully saturated rings. The number of hydrogen-bond acceptors (Lipinski definition) is 7. The average molecular weight is 495 g/mol. The van der Waals surface area contributed by atoms with Crippen molar-refractivity contribution in [3.05, 3.63) is 58.1 Å². The Morgan fingerprint density at radius 2 is 1.89 bits per heavy atom. The minimum Gasteiger partial charge on any atom is -0.494 e. The summed E-state index contributed by atoms with van der Waals surface area (Å²) in [5.74, 6) is -2.36. The summed E-state index contributed by atoms with van der Waals surface area (Å²) < 4.78 is 48.7. The largest absolute Gasteiger partial charge is 0.494 e.